The molecule has 7 heteroatoms. The van der Waals surface area contributed by atoms with Crippen molar-refractivity contribution in [2.75, 3.05) is 6.61 Å². The second-order valence-electron chi connectivity index (χ2n) is 10.2. The van der Waals surface area contributed by atoms with Gasteiger partial charge in [-0.25, -0.2) is 0 Å². The van der Waals surface area contributed by atoms with Crippen LogP contribution in [0.25, 0.3) is 10.9 Å². The highest BCUT2D eigenvalue weighted by molar-refractivity contribution is 6.31. The Balaban J connectivity index is 0.000000282. The second kappa shape index (κ2) is 17.2. The molecule has 0 amide bonds. The summed E-state index contributed by atoms with van der Waals surface area (Å²) in [5.74, 6) is 0.358. The molecule has 0 saturated heterocycles. The molecular formula is C35H46Cl2N2O3. The summed E-state index contributed by atoms with van der Waals surface area (Å²) in [5.41, 5.74) is 9.94. The van der Waals surface area contributed by atoms with Crippen LogP contribution in [0.4, 0.5) is 0 Å². The number of carbonyl (C=O) groups is 1. The van der Waals surface area contributed by atoms with Crippen LogP contribution in [0.3, 0.4) is 0 Å². The van der Waals surface area contributed by atoms with Gasteiger partial charge in [-0.2, -0.15) is 0 Å². The number of aromatic hydroxyl groups is 1. The molecule has 1 unspecified atom stereocenters. The summed E-state index contributed by atoms with van der Waals surface area (Å²) in [6.07, 6.45) is 3.87. The highest BCUT2D eigenvalue weighted by Crippen LogP contribution is 2.44. The number of aromatic nitrogens is 1. The lowest BCUT2D eigenvalue weighted by molar-refractivity contribution is -0.144. The first-order valence-electron chi connectivity index (χ1n) is 14.9. The molecule has 2 atom stereocenters. The number of esters is 1. The third-order valence-electron chi connectivity index (χ3n) is 7.48. The van der Waals surface area contributed by atoms with E-state index >= 15 is 0 Å². The molecule has 0 aliphatic rings. The zero-order valence-electron chi connectivity index (χ0n) is 25.7. The maximum atomic E-state index is 11.4. The predicted molar refractivity (Wildman–Crippen MR) is 178 cm³/mol. The molecule has 0 fully saturated rings. The first-order valence-corrected chi connectivity index (χ1v) is 15.6. The summed E-state index contributed by atoms with van der Waals surface area (Å²) in [6, 6.07) is 22.8. The Bertz CT molecular complexity index is 1360. The van der Waals surface area contributed by atoms with E-state index in [2.05, 4.69) is 50.0 Å². The number of aromatic amines is 1. The number of nitrogens with two attached hydrogens (primary N) is 1. The number of phenols is 1. The lowest BCUT2D eigenvalue weighted by Crippen LogP contribution is -2.34. The van der Waals surface area contributed by atoms with E-state index in [0.29, 0.717) is 18.9 Å². The van der Waals surface area contributed by atoms with Crippen molar-refractivity contribution in [3.05, 3.63) is 99.7 Å². The zero-order valence-corrected chi connectivity index (χ0v) is 27.2. The van der Waals surface area contributed by atoms with Crippen molar-refractivity contribution < 1.29 is 14.6 Å². The van der Waals surface area contributed by atoms with E-state index in [1.807, 2.05) is 44.2 Å². The fraction of sp³-hybridized carbons (Fsp3) is 0.400. The van der Waals surface area contributed by atoms with E-state index in [4.69, 9.17) is 33.7 Å². The predicted octanol–water partition coefficient (Wildman–Crippen LogP) is 9.46. The van der Waals surface area contributed by atoms with Gasteiger partial charge in [0.05, 0.1) is 6.61 Å². The van der Waals surface area contributed by atoms with Gasteiger partial charge in [-0.05, 0) is 78.9 Å². The third kappa shape index (κ3) is 9.26. The van der Waals surface area contributed by atoms with Crippen LogP contribution in [-0.2, 0) is 21.4 Å². The molecule has 3 aromatic carbocycles. The van der Waals surface area contributed by atoms with Crippen molar-refractivity contribution in [2.24, 2.45) is 11.7 Å². The summed E-state index contributed by atoms with van der Waals surface area (Å²) in [5, 5.41) is 11.8. The molecule has 0 radical (unpaired) electrons. The zero-order chi connectivity index (χ0) is 31.3. The molecule has 228 valence electrons. The average molecular weight is 614 g/mol. The summed E-state index contributed by atoms with van der Waals surface area (Å²) >= 11 is 12.5. The fourth-order valence-corrected chi connectivity index (χ4v) is 5.75. The number of ether oxygens (including phenoxy) is 1. The smallest absolute Gasteiger partial charge is 0.323 e. The van der Waals surface area contributed by atoms with E-state index in [1.165, 1.54) is 24.0 Å². The van der Waals surface area contributed by atoms with Crippen molar-refractivity contribution in [2.45, 2.75) is 78.7 Å². The number of halogens is 2. The van der Waals surface area contributed by atoms with E-state index < -0.39 is 12.0 Å². The average Bonchev–Trinajstić information content (AvgIpc) is 3.38. The van der Waals surface area contributed by atoms with Crippen LogP contribution in [0.15, 0.2) is 72.8 Å². The van der Waals surface area contributed by atoms with E-state index in [1.54, 1.807) is 25.1 Å². The molecule has 0 bridgehead atoms. The van der Waals surface area contributed by atoms with Gasteiger partial charge in [0.25, 0.3) is 0 Å². The number of phenolic OH excluding ortho intramolecular Hbond substituents is 1. The Morgan fingerprint density at radius 2 is 1.55 bits per heavy atom. The Morgan fingerprint density at radius 1 is 0.952 bits per heavy atom. The number of carbonyl (C=O) groups excluding carboxylic acids is 1. The van der Waals surface area contributed by atoms with Gasteiger partial charge in [-0.1, -0.05) is 94.9 Å². The monoisotopic (exact) mass is 612 g/mol. The molecular weight excluding hydrogens is 567 g/mol. The normalized spacial score (nSPS) is 12.4. The first kappa shape index (κ1) is 35.2. The molecule has 4 aromatic rings. The number of hydrogen-bond donors (Lipinski definition) is 3. The number of hydrogen-bond acceptors (Lipinski definition) is 4. The van der Waals surface area contributed by atoms with E-state index in [0.717, 1.165) is 33.1 Å². The van der Waals surface area contributed by atoms with Gasteiger partial charge >= 0.3 is 5.97 Å². The maximum Gasteiger partial charge on any atom is 0.323 e. The number of benzene rings is 3. The van der Waals surface area contributed by atoms with Crippen molar-refractivity contribution in [1.82, 2.24) is 4.98 Å². The molecule has 0 saturated carbocycles. The summed E-state index contributed by atoms with van der Waals surface area (Å²) in [7, 11) is 0. The number of nitrogens with one attached hydrogen (secondary N) is 1. The molecule has 4 rings (SSSR count). The standard InChI is InChI=1S/C20H24Cl2.C13H16N2O3.C2H6/c1-4-8-15(5-2)20(3,16-9-6-11-18(21)13-16)17-10-7-12-19(22)14-17;1-2-18-13(17)11(14)7-9-5-8-6-10(16)3-4-12(8)15-9;1-2/h6-7,9-15H,4-5,8H2,1-3H3;3-6,11,15-16H,2,7,14H2,1H3;1-2H3/t;11-;/m.0./s1. The van der Waals surface area contributed by atoms with Crippen LogP contribution in [0, 0.1) is 5.92 Å². The van der Waals surface area contributed by atoms with Crippen LogP contribution in [0.2, 0.25) is 10.0 Å². The highest BCUT2D eigenvalue weighted by atomic mass is 35.5. The Morgan fingerprint density at radius 3 is 2.05 bits per heavy atom. The molecule has 0 spiro atoms. The van der Waals surface area contributed by atoms with Crippen LogP contribution >= 0.6 is 23.2 Å². The number of rotatable bonds is 10. The van der Waals surface area contributed by atoms with Gasteiger partial charge in [0, 0.05) is 38.5 Å². The largest absolute Gasteiger partial charge is 0.508 e. The lowest BCUT2D eigenvalue weighted by atomic mass is 9.65. The summed E-state index contributed by atoms with van der Waals surface area (Å²) < 4.78 is 4.85. The lowest BCUT2D eigenvalue weighted by Gasteiger charge is -2.39. The van der Waals surface area contributed by atoms with Gasteiger partial charge in [-0.15, -0.1) is 0 Å². The van der Waals surface area contributed by atoms with E-state index in [9.17, 15) is 9.90 Å². The molecule has 42 heavy (non-hydrogen) atoms. The minimum atomic E-state index is -0.674. The molecule has 0 aliphatic carbocycles. The second-order valence-corrected chi connectivity index (χ2v) is 11.1. The van der Waals surface area contributed by atoms with Crippen LogP contribution in [-0.4, -0.2) is 28.7 Å². The minimum absolute atomic E-state index is 0.0828. The van der Waals surface area contributed by atoms with Crippen LogP contribution in [0.1, 0.15) is 77.6 Å². The van der Waals surface area contributed by atoms with Gasteiger partial charge < -0.3 is 20.6 Å². The molecule has 1 aromatic heterocycles. The van der Waals surface area contributed by atoms with Gasteiger partial charge in [-0.3, -0.25) is 4.79 Å². The van der Waals surface area contributed by atoms with Crippen molar-refractivity contribution >= 4 is 40.1 Å². The van der Waals surface area contributed by atoms with Crippen molar-refractivity contribution in [1.29, 1.82) is 0 Å². The minimum Gasteiger partial charge on any atom is -0.508 e. The van der Waals surface area contributed by atoms with Crippen molar-refractivity contribution in [3.63, 3.8) is 0 Å². The Hall–Kier alpha value is -2.99. The highest BCUT2D eigenvalue weighted by Gasteiger charge is 2.36. The fourth-order valence-electron chi connectivity index (χ4n) is 5.37. The van der Waals surface area contributed by atoms with Crippen LogP contribution in [0.5, 0.6) is 5.75 Å². The van der Waals surface area contributed by atoms with E-state index in [-0.39, 0.29) is 11.2 Å². The van der Waals surface area contributed by atoms with Gasteiger partial charge in [0.2, 0.25) is 0 Å². The van der Waals surface area contributed by atoms with Gasteiger partial charge in [0.1, 0.15) is 11.8 Å². The molecule has 5 nitrogen and oxygen atoms in total. The summed E-state index contributed by atoms with van der Waals surface area (Å²) in [6.45, 7) is 12.9. The first-order chi connectivity index (χ1) is 20.1. The maximum absolute atomic E-state index is 11.4. The van der Waals surface area contributed by atoms with Gasteiger partial charge in [0.15, 0.2) is 0 Å². The third-order valence-corrected chi connectivity index (χ3v) is 7.95. The molecule has 1 heterocycles. The Labute approximate surface area is 261 Å². The van der Waals surface area contributed by atoms with Crippen LogP contribution < -0.4 is 5.73 Å². The molecule has 4 N–H and O–H groups in total. The molecule has 0 aliphatic heterocycles. The SMILES string of the molecule is CC.CCCC(CC)C(C)(c1cccc(Cl)c1)c1cccc(Cl)c1.CCOC(=O)[C@@H](N)Cc1cc2cc(O)ccc2[nH]1. The van der Waals surface area contributed by atoms with Crippen molar-refractivity contribution in [3.8, 4) is 5.75 Å². The number of fused-ring (bicyclic) bond motifs is 1. The summed E-state index contributed by atoms with van der Waals surface area (Å²) in [4.78, 5) is 14.6. The number of H-pyrrole nitrogens is 1. The topological polar surface area (TPSA) is 88.3 Å². The quantitative estimate of drug-likeness (QED) is 0.156. The Kier molecular flexibility index (Phi) is 14.4.